The smallest absolute Gasteiger partial charge is 0.193 e. The molecule has 0 aliphatic heterocycles. The first-order chi connectivity index (χ1) is 3.29. The zero-order valence-electron chi connectivity index (χ0n) is 3.94. The van der Waals surface area contributed by atoms with Gasteiger partial charge in [-0.2, -0.15) is 0 Å². The van der Waals surface area contributed by atoms with Gasteiger partial charge in [-0.05, 0) is 30.7 Å². The van der Waals surface area contributed by atoms with E-state index >= 15 is 0 Å². The van der Waals surface area contributed by atoms with Crippen molar-refractivity contribution in [1.29, 1.82) is 0 Å². The van der Waals surface area contributed by atoms with Gasteiger partial charge in [-0.3, -0.25) is 0 Å². The molecule has 1 aromatic rings. The molecule has 1 nitrogen and oxygen atoms in total. The second kappa shape index (κ2) is 1.58. The average Bonchev–Trinajstić information content (AvgIpc) is 1.87. The monoisotopic (exact) mass is 116 g/mol. The van der Waals surface area contributed by atoms with E-state index < -0.39 is 0 Å². The van der Waals surface area contributed by atoms with Crippen LogP contribution in [0.2, 0.25) is 5.22 Å². The lowest BCUT2D eigenvalue weighted by Crippen LogP contribution is -1.49. The summed E-state index contributed by atoms with van der Waals surface area (Å²) >= 11 is 5.39. The normalized spacial score (nSPS) is 9.43. The molecule has 0 unspecified atom stereocenters. The molecule has 0 saturated heterocycles. The minimum Gasteiger partial charge on any atom is -0.450 e. The van der Waals surface area contributed by atoms with Crippen LogP contribution in [0.15, 0.2) is 16.5 Å². The lowest BCUT2D eigenvalue weighted by Gasteiger charge is -1.74. The Morgan fingerprint density at radius 3 is 2.43 bits per heavy atom. The fraction of sp³-hybridized carbons (Fsp3) is 0.200. The Kier molecular flexibility index (Phi) is 1.07. The summed E-state index contributed by atoms with van der Waals surface area (Å²) in [6.07, 6.45) is 0. The number of aryl methyl sites for hydroxylation is 1. The molecule has 0 saturated carbocycles. The van der Waals surface area contributed by atoms with Gasteiger partial charge in [0.25, 0.3) is 0 Å². The first-order valence-electron chi connectivity index (χ1n) is 2.01. The summed E-state index contributed by atoms with van der Waals surface area (Å²) in [4.78, 5) is 0. The van der Waals surface area contributed by atoms with Gasteiger partial charge >= 0.3 is 0 Å². The highest BCUT2D eigenvalue weighted by Crippen LogP contribution is 2.10. The molecule has 0 aliphatic carbocycles. The molecule has 0 aromatic carbocycles. The van der Waals surface area contributed by atoms with Gasteiger partial charge in [-0.25, -0.2) is 0 Å². The van der Waals surface area contributed by atoms with Crippen molar-refractivity contribution in [3.05, 3.63) is 23.1 Å². The third-order valence-electron chi connectivity index (χ3n) is 0.708. The van der Waals surface area contributed by atoms with Gasteiger partial charge in [0, 0.05) is 0 Å². The van der Waals surface area contributed by atoms with Crippen molar-refractivity contribution in [3.8, 4) is 0 Å². The van der Waals surface area contributed by atoms with Crippen molar-refractivity contribution in [3.63, 3.8) is 0 Å². The van der Waals surface area contributed by atoms with Crippen LogP contribution in [0.5, 0.6) is 0 Å². The molecule has 0 fully saturated rings. The highest BCUT2D eigenvalue weighted by Gasteiger charge is 1.88. The third kappa shape index (κ3) is 0.967. The SMILES string of the molecule is Cc1ccc(Cl)o1. The summed E-state index contributed by atoms with van der Waals surface area (Å²) < 4.78 is 4.85. The van der Waals surface area contributed by atoms with E-state index in [1.54, 1.807) is 6.07 Å². The van der Waals surface area contributed by atoms with Crippen molar-refractivity contribution in [2.45, 2.75) is 6.92 Å². The summed E-state index contributed by atoms with van der Waals surface area (Å²) in [6, 6.07) is 3.54. The van der Waals surface area contributed by atoms with E-state index in [1.807, 2.05) is 13.0 Å². The number of rotatable bonds is 0. The van der Waals surface area contributed by atoms with Crippen LogP contribution in [0.3, 0.4) is 0 Å². The van der Waals surface area contributed by atoms with Gasteiger partial charge in [0.15, 0.2) is 5.22 Å². The zero-order valence-corrected chi connectivity index (χ0v) is 4.70. The molecule has 0 N–H and O–H groups in total. The van der Waals surface area contributed by atoms with Crippen LogP contribution in [0.1, 0.15) is 5.76 Å². The third-order valence-corrected chi connectivity index (χ3v) is 0.911. The molecule has 2 heteroatoms. The zero-order chi connectivity index (χ0) is 5.28. The van der Waals surface area contributed by atoms with E-state index in [0.29, 0.717) is 5.22 Å². The molecule has 0 aliphatic rings. The highest BCUT2D eigenvalue weighted by molar-refractivity contribution is 6.28. The van der Waals surface area contributed by atoms with Crippen molar-refractivity contribution < 1.29 is 4.42 Å². The second-order valence-corrected chi connectivity index (χ2v) is 1.72. The van der Waals surface area contributed by atoms with Crippen LogP contribution in [0, 0.1) is 6.92 Å². The number of hydrogen-bond acceptors (Lipinski definition) is 1. The average molecular weight is 117 g/mol. The van der Waals surface area contributed by atoms with Crippen LogP contribution in [-0.2, 0) is 0 Å². The molecule has 1 rings (SSSR count). The number of hydrogen-bond donors (Lipinski definition) is 0. The van der Waals surface area contributed by atoms with Crippen LogP contribution in [0.4, 0.5) is 0 Å². The molecule has 0 atom stereocenters. The van der Waals surface area contributed by atoms with E-state index in [-0.39, 0.29) is 0 Å². The molecular formula is C5H5ClO. The minimum atomic E-state index is 0.456. The molecule has 1 heterocycles. The maximum atomic E-state index is 5.39. The van der Waals surface area contributed by atoms with Gasteiger partial charge in [0.2, 0.25) is 0 Å². The van der Waals surface area contributed by atoms with Crippen LogP contribution in [0.25, 0.3) is 0 Å². The van der Waals surface area contributed by atoms with Gasteiger partial charge < -0.3 is 4.42 Å². The summed E-state index contributed by atoms with van der Waals surface area (Å²) in [5, 5.41) is 0.456. The maximum absolute atomic E-state index is 5.39. The first kappa shape index (κ1) is 4.72. The van der Waals surface area contributed by atoms with Crippen LogP contribution in [-0.4, -0.2) is 0 Å². The quantitative estimate of drug-likeness (QED) is 0.507. The predicted molar refractivity (Wildman–Crippen MR) is 28.5 cm³/mol. The van der Waals surface area contributed by atoms with Crippen LogP contribution >= 0.6 is 11.6 Å². The molecule has 0 amide bonds. The van der Waals surface area contributed by atoms with Gasteiger partial charge in [-0.1, -0.05) is 0 Å². The van der Waals surface area contributed by atoms with E-state index in [9.17, 15) is 0 Å². The molecular weight excluding hydrogens is 112 g/mol. The van der Waals surface area contributed by atoms with Crippen molar-refractivity contribution in [2.75, 3.05) is 0 Å². The Labute approximate surface area is 46.9 Å². The number of furan rings is 1. The predicted octanol–water partition coefficient (Wildman–Crippen LogP) is 2.24. The largest absolute Gasteiger partial charge is 0.450 e. The molecule has 38 valence electrons. The Morgan fingerprint density at radius 2 is 2.29 bits per heavy atom. The Hall–Kier alpha value is -0.430. The Morgan fingerprint density at radius 1 is 1.57 bits per heavy atom. The fourth-order valence-corrected chi connectivity index (χ4v) is 0.589. The van der Waals surface area contributed by atoms with Gasteiger partial charge in [0.1, 0.15) is 5.76 Å². The maximum Gasteiger partial charge on any atom is 0.193 e. The van der Waals surface area contributed by atoms with E-state index in [4.69, 9.17) is 16.0 Å². The molecule has 0 radical (unpaired) electrons. The first-order valence-corrected chi connectivity index (χ1v) is 2.39. The van der Waals surface area contributed by atoms with Crippen LogP contribution < -0.4 is 0 Å². The molecule has 0 bridgehead atoms. The number of halogens is 1. The van der Waals surface area contributed by atoms with Crippen molar-refractivity contribution in [2.24, 2.45) is 0 Å². The van der Waals surface area contributed by atoms with E-state index in [2.05, 4.69) is 0 Å². The molecule has 7 heavy (non-hydrogen) atoms. The van der Waals surface area contributed by atoms with Gasteiger partial charge in [-0.15, -0.1) is 0 Å². The highest BCUT2D eigenvalue weighted by atomic mass is 35.5. The molecule has 1 aromatic heterocycles. The second-order valence-electron chi connectivity index (χ2n) is 1.35. The standard InChI is InChI=1S/C5H5ClO/c1-4-2-3-5(6)7-4/h2-3H,1H3. The van der Waals surface area contributed by atoms with Crippen molar-refractivity contribution in [1.82, 2.24) is 0 Å². The summed E-state index contributed by atoms with van der Waals surface area (Å²) in [5.41, 5.74) is 0. The van der Waals surface area contributed by atoms with E-state index in [0.717, 1.165) is 5.76 Å². The molecule has 0 spiro atoms. The van der Waals surface area contributed by atoms with Gasteiger partial charge in [0.05, 0.1) is 0 Å². The summed E-state index contributed by atoms with van der Waals surface area (Å²) in [7, 11) is 0. The lowest BCUT2D eigenvalue weighted by molar-refractivity contribution is 0.536. The Balaban J connectivity index is 3.04. The summed E-state index contributed by atoms with van der Waals surface area (Å²) in [6.45, 7) is 1.85. The van der Waals surface area contributed by atoms with E-state index in [1.165, 1.54) is 0 Å². The topological polar surface area (TPSA) is 13.1 Å². The summed E-state index contributed by atoms with van der Waals surface area (Å²) in [5.74, 6) is 0.852. The lowest BCUT2D eigenvalue weighted by atomic mass is 10.5. The minimum absolute atomic E-state index is 0.456. The van der Waals surface area contributed by atoms with Crippen molar-refractivity contribution >= 4 is 11.6 Å². The fourth-order valence-electron chi connectivity index (χ4n) is 0.405. The Bertz CT molecular complexity index is 140.